The molecule has 1 atom stereocenters. The molecule has 31 heavy (non-hydrogen) atoms. The monoisotopic (exact) mass is 480 g/mol. The number of phosphoric acid groups is 1. The highest BCUT2D eigenvalue weighted by Crippen LogP contribution is 2.43. The van der Waals surface area contributed by atoms with Crippen molar-refractivity contribution in [3.63, 3.8) is 0 Å². The minimum Gasteiger partial charge on any atom is -0.381 e. The number of thiocarbonyl (C=S) groups is 1. The van der Waals surface area contributed by atoms with E-state index in [-0.39, 0.29) is 19.1 Å². The second kappa shape index (κ2) is 22.0. The van der Waals surface area contributed by atoms with Gasteiger partial charge in [-0.15, -0.1) is 0 Å². The lowest BCUT2D eigenvalue weighted by atomic mass is 10.0. The Morgan fingerprint density at radius 1 is 0.742 bits per heavy atom. The summed E-state index contributed by atoms with van der Waals surface area (Å²) < 4.78 is 27.1. The molecule has 0 aromatic carbocycles. The summed E-state index contributed by atoms with van der Waals surface area (Å²) >= 11 is 5.08. The lowest BCUT2D eigenvalue weighted by Crippen LogP contribution is -2.12. The van der Waals surface area contributed by atoms with E-state index in [4.69, 9.17) is 26.0 Å². The first-order valence-electron chi connectivity index (χ1n) is 12.6. The molecule has 186 valence electrons. The molecule has 1 N–H and O–H groups in total. The molecule has 0 aliphatic carbocycles. The van der Waals surface area contributed by atoms with Crippen LogP contribution < -0.4 is 0 Å². The molecule has 7 heteroatoms. The summed E-state index contributed by atoms with van der Waals surface area (Å²) in [6.07, 6.45) is 19.4. The fourth-order valence-corrected chi connectivity index (χ4v) is 4.07. The molecule has 0 radical (unpaired) electrons. The average Bonchev–Trinajstić information content (AvgIpc) is 2.73. The molecule has 0 amide bonds. The van der Waals surface area contributed by atoms with E-state index in [2.05, 4.69) is 6.92 Å². The van der Waals surface area contributed by atoms with Gasteiger partial charge in [0, 0.05) is 18.1 Å². The molecule has 0 spiro atoms. The standard InChI is InChI=1S/C24H49O5PS/c1-4-5-6-7-8-9-10-11-12-13-14-15-16-17-19-27-20-18-21-28-30(25,26)29-22-24(31)23(2)3/h23H,4-22H2,1-3H3,(H,25,26). The highest BCUT2D eigenvalue weighted by molar-refractivity contribution is 7.80. The Morgan fingerprint density at radius 2 is 1.19 bits per heavy atom. The highest BCUT2D eigenvalue weighted by Gasteiger charge is 2.21. The molecule has 0 aromatic heterocycles. The molecule has 0 aliphatic rings. The van der Waals surface area contributed by atoms with Crippen molar-refractivity contribution >= 4 is 24.9 Å². The lowest BCUT2D eigenvalue weighted by molar-refractivity contribution is 0.104. The van der Waals surface area contributed by atoms with Crippen LogP contribution in [0.1, 0.15) is 117 Å². The Morgan fingerprint density at radius 3 is 1.68 bits per heavy atom. The van der Waals surface area contributed by atoms with E-state index >= 15 is 0 Å². The van der Waals surface area contributed by atoms with Crippen LogP contribution in [0, 0.1) is 5.92 Å². The van der Waals surface area contributed by atoms with Crippen molar-refractivity contribution in [1.82, 2.24) is 0 Å². The number of hydrogen-bond donors (Lipinski definition) is 1. The Labute approximate surface area is 197 Å². The maximum absolute atomic E-state index is 11.7. The van der Waals surface area contributed by atoms with E-state index in [1.54, 1.807) is 0 Å². The molecular weight excluding hydrogens is 431 g/mol. The summed E-state index contributed by atoms with van der Waals surface area (Å²) in [5, 5.41) is 0. The third-order valence-corrected chi connectivity index (χ3v) is 6.90. The molecule has 0 fully saturated rings. The van der Waals surface area contributed by atoms with E-state index in [9.17, 15) is 9.46 Å². The van der Waals surface area contributed by atoms with Gasteiger partial charge < -0.3 is 9.63 Å². The van der Waals surface area contributed by atoms with Gasteiger partial charge in [0.05, 0.1) is 13.2 Å². The van der Waals surface area contributed by atoms with Gasteiger partial charge in [-0.05, 0) is 18.8 Å². The highest BCUT2D eigenvalue weighted by atomic mass is 32.1. The topological polar surface area (TPSA) is 65.0 Å². The van der Waals surface area contributed by atoms with Gasteiger partial charge in [-0.2, -0.15) is 0 Å². The number of unbranched alkanes of at least 4 members (excludes halogenated alkanes) is 13. The van der Waals surface area contributed by atoms with Crippen molar-refractivity contribution in [3.05, 3.63) is 0 Å². The van der Waals surface area contributed by atoms with Gasteiger partial charge >= 0.3 is 7.82 Å². The molecule has 0 heterocycles. The van der Waals surface area contributed by atoms with Gasteiger partial charge in [0.15, 0.2) is 0 Å². The summed E-state index contributed by atoms with van der Waals surface area (Å²) in [4.78, 5) is 10.2. The molecule has 0 aromatic rings. The third-order valence-electron chi connectivity index (χ3n) is 5.34. The van der Waals surface area contributed by atoms with E-state index in [1.807, 2.05) is 13.8 Å². The summed E-state index contributed by atoms with van der Waals surface area (Å²) in [6.45, 7) is 7.50. The van der Waals surface area contributed by atoms with Gasteiger partial charge in [0.25, 0.3) is 0 Å². The van der Waals surface area contributed by atoms with Crippen LogP contribution in [-0.4, -0.2) is 36.2 Å². The SMILES string of the molecule is CCCCCCCCCCCCCCCCOCCCOP(=O)(O)OCC(=S)C(C)C. The van der Waals surface area contributed by atoms with Crippen molar-refractivity contribution in [2.45, 2.75) is 117 Å². The first kappa shape index (κ1) is 31.2. The van der Waals surface area contributed by atoms with Crippen LogP contribution >= 0.6 is 20.0 Å². The zero-order chi connectivity index (χ0) is 23.2. The second-order valence-corrected chi connectivity index (χ2v) is 10.7. The number of ether oxygens (including phenoxy) is 1. The molecule has 0 rings (SSSR count). The van der Waals surface area contributed by atoms with Gasteiger partial charge in [-0.3, -0.25) is 9.05 Å². The predicted molar refractivity (Wildman–Crippen MR) is 135 cm³/mol. The van der Waals surface area contributed by atoms with Crippen molar-refractivity contribution in [2.75, 3.05) is 26.4 Å². The minimum absolute atomic E-state index is 0.0313. The van der Waals surface area contributed by atoms with E-state index in [0.29, 0.717) is 17.9 Å². The van der Waals surface area contributed by atoms with Crippen LogP contribution in [0.4, 0.5) is 0 Å². The number of rotatable bonds is 24. The van der Waals surface area contributed by atoms with Crippen LogP contribution in [0.2, 0.25) is 0 Å². The summed E-state index contributed by atoms with van der Waals surface area (Å²) in [5.41, 5.74) is 0. The first-order chi connectivity index (χ1) is 14.9. The fraction of sp³-hybridized carbons (Fsp3) is 0.958. The first-order valence-corrected chi connectivity index (χ1v) is 14.5. The van der Waals surface area contributed by atoms with Crippen LogP contribution in [-0.2, 0) is 18.3 Å². The molecule has 0 bridgehead atoms. The smallest absolute Gasteiger partial charge is 0.381 e. The maximum atomic E-state index is 11.7. The Balaban J connectivity index is 3.28. The van der Waals surface area contributed by atoms with Gasteiger partial charge in [0.1, 0.15) is 0 Å². The fourth-order valence-electron chi connectivity index (χ4n) is 3.19. The zero-order valence-corrected chi connectivity index (χ0v) is 22.2. The molecule has 1 unspecified atom stereocenters. The molecular formula is C24H49O5PS. The molecule has 0 saturated heterocycles. The van der Waals surface area contributed by atoms with Crippen molar-refractivity contribution < 1.29 is 23.2 Å². The zero-order valence-electron chi connectivity index (χ0n) is 20.4. The summed E-state index contributed by atoms with van der Waals surface area (Å²) in [6, 6.07) is 0. The van der Waals surface area contributed by atoms with Crippen molar-refractivity contribution in [2.24, 2.45) is 5.92 Å². The molecule has 5 nitrogen and oxygen atoms in total. The number of hydrogen-bond acceptors (Lipinski definition) is 5. The van der Waals surface area contributed by atoms with Crippen molar-refractivity contribution in [3.8, 4) is 0 Å². The predicted octanol–water partition coefficient (Wildman–Crippen LogP) is 8.03. The lowest BCUT2D eigenvalue weighted by Gasteiger charge is -2.13. The maximum Gasteiger partial charge on any atom is 0.472 e. The largest absolute Gasteiger partial charge is 0.472 e. The summed E-state index contributed by atoms with van der Waals surface area (Å²) in [5.74, 6) is 0.137. The van der Waals surface area contributed by atoms with Gasteiger partial charge in [0.2, 0.25) is 0 Å². The van der Waals surface area contributed by atoms with Gasteiger partial charge in [-0.1, -0.05) is 116 Å². The van der Waals surface area contributed by atoms with Crippen LogP contribution in [0.25, 0.3) is 0 Å². The van der Waals surface area contributed by atoms with Gasteiger partial charge in [-0.25, -0.2) is 4.57 Å². The Kier molecular flexibility index (Phi) is 22.1. The van der Waals surface area contributed by atoms with E-state index < -0.39 is 7.82 Å². The third kappa shape index (κ3) is 23.1. The average molecular weight is 481 g/mol. The van der Waals surface area contributed by atoms with Crippen LogP contribution in [0.3, 0.4) is 0 Å². The summed E-state index contributed by atoms with van der Waals surface area (Å²) in [7, 11) is -4.02. The Hall–Kier alpha value is 0.160. The van der Waals surface area contributed by atoms with Crippen LogP contribution in [0.15, 0.2) is 0 Å². The number of phosphoric ester groups is 1. The molecule has 0 saturated carbocycles. The second-order valence-electron chi connectivity index (χ2n) is 8.76. The molecule has 0 aliphatic heterocycles. The van der Waals surface area contributed by atoms with E-state index in [0.717, 1.165) is 13.0 Å². The van der Waals surface area contributed by atoms with E-state index in [1.165, 1.54) is 83.5 Å². The Bertz CT molecular complexity index is 459. The van der Waals surface area contributed by atoms with Crippen LogP contribution in [0.5, 0.6) is 0 Å². The normalized spacial score (nSPS) is 13.6. The quantitative estimate of drug-likeness (QED) is 0.0857. The minimum atomic E-state index is -4.02. The van der Waals surface area contributed by atoms with Crippen molar-refractivity contribution in [1.29, 1.82) is 0 Å².